The fourth-order valence-electron chi connectivity index (χ4n) is 4.02. The number of aromatic nitrogens is 1. The van der Waals surface area contributed by atoms with Crippen LogP contribution in [-0.4, -0.2) is 30.4 Å². The molecule has 4 rings (SSSR count). The molecular formula is C27H27FN2O5S. The number of methoxy groups -OCH3 is 1. The van der Waals surface area contributed by atoms with Gasteiger partial charge in [0.25, 0.3) is 5.56 Å². The minimum atomic E-state index is -0.780. The SMILES string of the molecule is CCOC(=O)C1=C(C)N=c2sc(=Cc3ccc(F)cc3)c(=O)n2C1c1ccc(OC(C)C)c(OC)c1. The molecule has 2 heterocycles. The van der Waals surface area contributed by atoms with Gasteiger partial charge >= 0.3 is 5.97 Å². The molecule has 0 amide bonds. The van der Waals surface area contributed by atoms with Crippen molar-refractivity contribution in [2.75, 3.05) is 13.7 Å². The first kappa shape index (κ1) is 25.4. The average Bonchev–Trinajstić information content (AvgIpc) is 3.14. The third-order valence-corrected chi connectivity index (χ3v) is 6.53. The van der Waals surface area contributed by atoms with Gasteiger partial charge in [-0.2, -0.15) is 0 Å². The predicted molar refractivity (Wildman–Crippen MR) is 136 cm³/mol. The van der Waals surface area contributed by atoms with Gasteiger partial charge in [-0.15, -0.1) is 0 Å². The van der Waals surface area contributed by atoms with Crippen molar-refractivity contribution in [2.24, 2.45) is 4.99 Å². The van der Waals surface area contributed by atoms with Crippen molar-refractivity contribution in [1.82, 2.24) is 4.57 Å². The van der Waals surface area contributed by atoms with E-state index >= 15 is 0 Å². The highest BCUT2D eigenvalue weighted by Crippen LogP contribution is 2.36. The molecule has 36 heavy (non-hydrogen) atoms. The van der Waals surface area contributed by atoms with Gasteiger partial charge in [-0.25, -0.2) is 14.2 Å². The van der Waals surface area contributed by atoms with Crippen molar-refractivity contribution in [2.45, 2.75) is 39.8 Å². The van der Waals surface area contributed by atoms with Crippen LogP contribution in [0.25, 0.3) is 6.08 Å². The number of hydrogen-bond acceptors (Lipinski definition) is 7. The summed E-state index contributed by atoms with van der Waals surface area (Å²) in [5.41, 5.74) is 1.75. The molecule has 1 atom stereocenters. The summed E-state index contributed by atoms with van der Waals surface area (Å²) in [6, 6.07) is 10.4. The number of fused-ring (bicyclic) bond motifs is 1. The zero-order valence-electron chi connectivity index (χ0n) is 20.7. The fourth-order valence-corrected chi connectivity index (χ4v) is 5.07. The molecule has 0 aliphatic carbocycles. The lowest BCUT2D eigenvalue weighted by atomic mass is 9.95. The van der Waals surface area contributed by atoms with E-state index in [2.05, 4.69) is 4.99 Å². The number of allylic oxidation sites excluding steroid dienone is 1. The molecule has 2 aromatic carbocycles. The van der Waals surface area contributed by atoms with Crippen molar-refractivity contribution >= 4 is 23.4 Å². The van der Waals surface area contributed by atoms with Crippen LogP contribution in [-0.2, 0) is 9.53 Å². The average molecular weight is 511 g/mol. The number of halogens is 1. The lowest BCUT2D eigenvalue weighted by Gasteiger charge is -2.25. The van der Waals surface area contributed by atoms with Crippen LogP contribution in [0, 0.1) is 5.82 Å². The molecule has 0 saturated heterocycles. The summed E-state index contributed by atoms with van der Waals surface area (Å²) in [4.78, 5) is 31.7. The Morgan fingerprint density at radius 3 is 2.56 bits per heavy atom. The Morgan fingerprint density at radius 1 is 1.19 bits per heavy atom. The Balaban J connectivity index is 1.94. The third-order valence-electron chi connectivity index (χ3n) is 5.55. The molecule has 1 unspecified atom stereocenters. The molecule has 1 aliphatic rings. The van der Waals surface area contributed by atoms with Gasteiger partial charge in [-0.1, -0.05) is 29.5 Å². The summed E-state index contributed by atoms with van der Waals surface area (Å²) in [5.74, 6) is 0.131. The number of carbonyl (C=O) groups excluding carboxylic acids is 1. The Morgan fingerprint density at radius 2 is 1.92 bits per heavy atom. The van der Waals surface area contributed by atoms with Crippen LogP contribution in [0.4, 0.5) is 4.39 Å². The topological polar surface area (TPSA) is 79.1 Å². The van der Waals surface area contributed by atoms with E-state index in [4.69, 9.17) is 14.2 Å². The number of esters is 1. The number of rotatable bonds is 7. The molecule has 1 aromatic heterocycles. The molecule has 9 heteroatoms. The Bertz CT molecular complexity index is 1500. The number of hydrogen-bond donors (Lipinski definition) is 0. The zero-order valence-corrected chi connectivity index (χ0v) is 21.5. The van der Waals surface area contributed by atoms with E-state index in [9.17, 15) is 14.0 Å². The molecule has 0 saturated carbocycles. The van der Waals surface area contributed by atoms with E-state index in [1.54, 1.807) is 50.3 Å². The lowest BCUT2D eigenvalue weighted by Crippen LogP contribution is -2.40. The normalized spacial score (nSPS) is 15.5. The van der Waals surface area contributed by atoms with Crippen LogP contribution >= 0.6 is 11.3 Å². The first-order valence-corrected chi connectivity index (χ1v) is 12.3. The molecule has 1 aliphatic heterocycles. The molecular weight excluding hydrogens is 483 g/mol. The van der Waals surface area contributed by atoms with E-state index in [0.717, 1.165) is 0 Å². The van der Waals surface area contributed by atoms with Crippen LogP contribution in [0.3, 0.4) is 0 Å². The quantitative estimate of drug-likeness (QED) is 0.453. The van der Waals surface area contributed by atoms with E-state index in [1.807, 2.05) is 13.8 Å². The minimum Gasteiger partial charge on any atom is -0.493 e. The smallest absolute Gasteiger partial charge is 0.338 e. The van der Waals surface area contributed by atoms with Crippen LogP contribution in [0.5, 0.6) is 11.5 Å². The van der Waals surface area contributed by atoms with Gasteiger partial charge in [-0.05, 0) is 69.2 Å². The Hall–Kier alpha value is -3.72. The van der Waals surface area contributed by atoms with Gasteiger partial charge in [-0.3, -0.25) is 9.36 Å². The number of nitrogens with zero attached hydrogens (tertiary/aromatic N) is 2. The van der Waals surface area contributed by atoms with Crippen molar-refractivity contribution < 1.29 is 23.4 Å². The summed E-state index contributed by atoms with van der Waals surface area (Å²) in [6.45, 7) is 7.46. The van der Waals surface area contributed by atoms with Crippen molar-refractivity contribution in [3.05, 3.63) is 90.4 Å². The van der Waals surface area contributed by atoms with Gasteiger partial charge < -0.3 is 14.2 Å². The summed E-state index contributed by atoms with van der Waals surface area (Å²) >= 11 is 1.20. The Labute approximate surface area is 211 Å². The minimum absolute atomic E-state index is 0.0638. The van der Waals surface area contributed by atoms with Crippen LogP contribution in [0.15, 0.2) is 63.5 Å². The van der Waals surface area contributed by atoms with Gasteiger partial charge in [0, 0.05) is 0 Å². The molecule has 188 valence electrons. The summed E-state index contributed by atoms with van der Waals surface area (Å²) in [6.07, 6.45) is 1.62. The molecule has 0 bridgehead atoms. The third kappa shape index (κ3) is 4.97. The van der Waals surface area contributed by atoms with Crippen LogP contribution in [0.2, 0.25) is 0 Å². The number of benzene rings is 2. The number of ether oxygens (including phenoxy) is 3. The van der Waals surface area contributed by atoms with E-state index in [0.29, 0.717) is 37.7 Å². The monoisotopic (exact) mass is 510 g/mol. The predicted octanol–water partition coefficient (Wildman–Crippen LogP) is 3.73. The maximum absolute atomic E-state index is 13.6. The molecule has 3 aromatic rings. The first-order valence-electron chi connectivity index (χ1n) is 11.5. The van der Waals surface area contributed by atoms with Crippen molar-refractivity contribution in [3.8, 4) is 11.5 Å². The maximum Gasteiger partial charge on any atom is 0.338 e. The second-order valence-corrected chi connectivity index (χ2v) is 9.44. The van der Waals surface area contributed by atoms with E-state index in [-0.39, 0.29) is 29.7 Å². The first-order chi connectivity index (χ1) is 17.2. The molecule has 0 fully saturated rings. The van der Waals surface area contributed by atoms with E-state index < -0.39 is 12.0 Å². The van der Waals surface area contributed by atoms with E-state index in [1.165, 1.54) is 35.1 Å². The standard InChI is InChI=1S/C27H27FN2O5S/c1-6-34-26(32)23-16(4)29-27-30(25(31)22(36-27)13-17-7-10-19(28)11-8-17)24(23)18-9-12-20(35-15(2)3)21(14-18)33-5/h7-15,24H,6H2,1-5H3. The lowest BCUT2D eigenvalue weighted by molar-refractivity contribution is -0.139. The highest BCUT2D eigenvalue weighted by Gasteiger charge is 2.34. The number of carbonyl (C=O) groups is 1. The molecule has 0 N–H and O–H groups in total. The maximum atomic E-state index is 13.6. The molecule has 0 spiro atoms. The summed E-state index contributed by atoms with van der Waals surface area (Å²) in [5, 5.41) is 0. The molecule has 7 nitrogen and oxygen atoms in total. The van der Waals surface area contributed by atoms with Crippen molar-refractivity contribution in [1.29, 1.82) is 0 Å². The largest absolute Gasteiger partial charge is 0.493 e. The second-order valence-electron chi connectivity index (χ2n) is 8.43. The Kier molecular flexibility index (Phi) is 7.40. The van der Waals surface area contributed by atoms with Gasteiger partial charge in [0.1, 0.15) is 5.82 Å². The zero-order chi connectivity index (χ0) is 26.0. The van der Waals surface area contributed by atoms with Gasteiger partial charge in [0.05, 0.1) is 41.7 Å². The van der Waals surface area contributed by atoms with Gasteiger partial charge in [0.2, 0.25) is 0 Å². The highest BCUT2D eigenvalue weighted by atomic mass is 32.1. The van der Waals surface area contributed by atoms with Crippen LogP contribution in [0.1, 0.15) is 44.9 Å². The summed E-state index contributed by atoms with van der Waals surface area (Å²) < 4.78 is 32.0. The summed E-state index contributed by atoms with van der Waals surface area (Å²) in [7, 11) is 1.54. The second kappa shape index (κ2) is 10.5. The van der Waals surface area contributed by atoms with Crippen LogP contribution < -0.4 is 24.4 Å². The van der Waals surface area contributed by atoms with Gasteiger partial charge in [0.15, 0.2) is 16.3 Å². The number of thiazole rings is 1. The molecule has 0 radical (unpaired) electrons. The van der Waals surface area contributed by atoms with Crippen molar-refractivity contribution in [3.63, 3.8) is 0 Å². The fraction of sp³-hybridized carbons (Fsp3) is 0.296. The highest BCUT2D eigenvalue weighted by molar-refractivity contribution is 7.07.